The van der Waals surface area contributed by atoms with Crippen LogP contribution in [0.4, 0.5) is 0 Å². The van der Waals surface area contributed by atoms with Crippen molar-refractivity contribution in [1.29, 1.82) is 0 Å². The molecule has 0 spiro atoms. The van der Waals surface area contributed by atoms with Gasteiger partial charge in [-0.2, -0.15) is 0 Å². The summed E-state index contributed by atoms with van der Waals surface area (Å²) in [5, 5.41) is 0. The molecule has 0 unspecified atom stereocenters. The first-order valence-electron chi connectivity index (χ1n) is 2.59. The third-order valence-electron chi connectivity index (χ3n) is 1.12. The van der Waals surface area contributed by atoms with Crippen LogP contribution in [0.15, 0.2) is 29.3 Å². The highest BCUT2D eigenvalue weighted by Gasteiger charge is 2.07. The van der Waals surface area contributed by atoms with Crippen LogP contribution in [0.25, 0.3) is 0 Å². The van der Waals surface area contributed by atoms with Gasteiger partial charge < -0.3 is 0 Å². The summed E-state index contributed by atoms with van der Waals surface area (Å²) >= 11 is 18.6. The molecule has 60 valence electrons. The fourth-order valence-corrected chi connectivity index (χ4v) is 2.92. The van der Waals surface area contributed by atoms with Gasteiger partial charge >= 0.3 is 0 Å². The Labute approximate surface area is 101 Å². The average Bonchev–Trinajstić information content (AvgIpc) is 1.97. The van der Waals surface area contributed by atoms with Crippen molar-refractivity contribution in [3.05, 3.63) is 19.5 Å². The van der Waals surface area contributed by atoms with Crippen molar-refractivity contribution in [3.63, 3.8) is 0 Å². The van der Waals surface area contributed by atoms with E-state index in [4.69, 9.17) is 0 Å². The molecule has 0 aromatic heterocycles. The van der Waals surface area contributed by atoms with Crippen LogP contribution in [0.2, 0.25) is 0 Å². The van der Waals surface area contributed by atoms with Crippen LogP contribution in [-0.4, -0.2) is 0 Å². The highest BCUT2D eigenvalue weighted by atomic mass is 79.9. The van der Waals surface area contributed by atoms with Gasteiger partial charge in [-0.3, -0.25) is 0 Å². The second kappa shape index (κ2) is 4.05. The van der Waals surface area contributed by atoms with Gasteiger partial charge in [-0.05, 0) is 53.9 Å². The lowest BCUT2D eigenvalue weighted by atomic mass is 10.4. The Bertz CT molecular complexity index is 272. The van der Waals surface area contributed by atoms with Gasteiger partial charge in [-0.25, -0.2) is 0 Å². The largest absolute Gasteiger partial charge is 0.141 e. The van der Waals surface area contributed by atoms with Gasteiger partial charge in [-0.1, -0.05) is 0 Å². The van der Waals surface area contributed by atoms with Crippen molar-refractivity contribution < 1.29 is 0 Å². The zero-order chi connectivity index (χ0) is 8.59. The summed E-state index contributed by atoms with van der Waals surface area (Å²) in [5.74, 6) is 0. The molecule has 0 fully saturated rings. The molecule has 0 aliphatic carbocycles. The average molecular weight is 379 g/mol. The van der Waals surface area contributed by atoms with E-state index in [0.717, 1.165) is 23.2 Å². The Kier molecular flexibility index (Phi) is 3.84. The third-order valence-corrected chi connectivity index (χ3v) is 5.43. The zero-order valence-corrected chi connectivity index (χ0v) is 11.7. The summed E-state index contributed by atoms with van der Waals surface area (Å²) in [4.78, 5) is 1.66. The maximum Gasteiger partial charge on any atom is 0.0462 e. The number of halogens is 3. The highest BCUT2D eigenvalue weighted by molar-refractivity contribution is 9.13. The molecule has 0 amide bonds. The van der Waals surface area contributed by atoms with E-state index in [-0.39, 0.29) is 0 Å². The summed E-state index contributed by atoms with van der Waals surface area (Å²) in [6.07, 6.45) is 0. The summed E-state index contributed by atoms with van der Waals surface area (Å²) in [6, 6.07) is 1.92. The van der Waals surface area contributed by atoms with Gasteiger partial charge in [0.2, 0.25) is 0 Å². The van der Waals surface area contributed by atoms with Crippen LogP contribution < -0.4 is 0 Å². The van der Waals surface area contributed by atoms with Gasteiger partial charge in [0.1, 0.15) is 0 Å². The van der Waals surface area contributed by atoms with E-state index < -0.39 is 0 Å². The first kappa shape index (κ1) is 10.4. The first-order valence-corrected chi connectivity index (χ1v) is 5.86. The summed E-state index contributed by atoms with van der Waals surface area (Å²) in [7, 11) is 0. The standard InChI is InChI=1S/C6H3Br3S2/c7-2-1-3(8)5(10)6(11)4(2)9/h1,10-11H. The van der Waals surface area contributed by atoms with Crippen LogP contribution in [0.5, 0.6) is 0 Å². The Balaban J connectivity index is 3.46. The van der Waals surface area contributed by atoms with Gasteiger partial charge in [0.05, 0.1) is 0 Å². The van der Waals surface area contributed by atoms with Crippen molar-refractivity contribution in [1.82, 2.24) is 0 Å². The minimum atomic E-state index is 0.828. The van der Waals surface area contributed by atoms with E-state index in [1.165, 1.54) is 0 Å². The molecule has 0 atom stereocenters. The molecule has 0 bridgehead atoms. The molecule has 0 aliphatic heterocycles. The molecule has 1 aromatic rings. The lowest BCUT2D eigenvalue weighted by Crippen LogP contribution is -1.78. The van der Waals surface area contributed by atoms with Gasteiger partial charge in [-0.15, -0.1) is 25.3 Å². The van der Waals surface area contributed by atoms with Crippen molar-refractivity contribution >= 4 is 73.0 Å². The smallest absolute Gasteiger partial charge is 0.0462 e. The molecule has 0 nitrogen and oxygen atoms in total. The molecule has 0 N–H and O–H groups in total. The Hall–Kier alpha value is 1.36. The quantitative estimate of drug-likeness (QED) is 0.480. The van der Waals surface area contributed by atoms with Crippen molar-refractivity contribution in [3.8, 4) is 0 Å². The number of benzene rings is 1. The number of hydrogen-bond donors (Lipinski definition) is 2. The predicted octanol–water partition coefficient (Wildman–Crippen LogP) is 4.55. The molecule has 0 heterocycles. The second-order valence-corrected chi connectivity index (χ2v) is 5.25. The number of thiol groups is 2. The molecule has 11 heavy (non-hydrogen) atoms. The molecule has 0 saturated heterocycles. The molecular formula is C6H3Br3S2. The van der Waals surface area contributed by atoms with Crippen LogP contribution in [0.3, 0.4) is 0 Å². The summed E-state index contributed by atoms with van der Waals surface area (Å²) < 4.78 is 2.82. The van der Waals surface area contributed by atoms with Crippen molar-refractivity contribution in [2.24, 2.45) is 0 Å². The van der Waals surface area contributed by atoms with Crippen molar-refractivity contribution in [2.75, 3.05) is 0 Å². The van der Waals surface area contributed by atoms with E-state index in [1.807, 2.05) is 6.07 Å². The predicted molar refractivity (Wildman–Crippen MR) is 64.0 cm³/mol. The molecule has 0 radical (unpaired) electrons. The fraction of sp³-hybridized carbons (Fsp3) is 0. The number of hydrogen-bond acceptors (Lipinski definition) is 2. The zero-order valence-electron chi connectivity index (χ0n) is 5.11. The lowest BCUT2D eigenvalue weighted by molar-refractivity contribution is 1.19. The summed E-state index contributed by atoms with van der Waals surface area (Å²) in [6.45, 7) is 0. The number of rotatable bonds is 0. The molecule has 1 rings (SSSR count). The molecule has 0 saturated carbocycles. The highest BCUT2D eigenvalue weighted by Crippen LogP contribution is 2.38. The fourth-order valence-electron chi connectivity index (χ4n) is 0.573. The minimum Gasteiger partial charge on any atom is -0.141 e. The van der Waals surface area contributed by atoms with Gasteiger partial charge in [0.25, 0.3) is 0 Å². The molecule has 1 aromatic carbocycles. The molecule has 0 aliphatic rings. The Morgan fingerprint density at radius 3 is 2.00 bits per heavy atom. The van der Waals surface area contributed by atoms with E-state index >= 15 is 0 Å². The maximum absolute atomic E-state index is 4.27. The minimum absolute atomic E-state index is 0.828. The van der Waals surface area contributed by atoms with Gasteiger partial charge in [0.15, 0.2) is 0 Å². The Morgan fingerprint density at radius 1 is 0.909 bits per heavy atom. The summed E-state index contributed by atoms with van der Waals surface area (Å²) in [5.41, 5.74) is 0. The topological polar surface area (TPSA) is 0 Å². The van der Waals surface area contributed by atoms with E-state index in [1.54, 1.807) is 0 Å². The maximum atomic E-state index is 4.27. The second-order valence-electron chi connectivity index (χ2n) is 1.85. The van der Waals surface area contributed by atoms with Crippen LogP contribution >= 0.6 is 73.0 Å². The van der Waals surface area contributed by atoms with Crippen molar-refractivity contribution in [2.45, 2.75) is 9.79 Å². The molecule has 5 heteroatoms. The normalized spacial score (nSPS) is 10.3. The van der Waals surface area contributed by atoms with Crippen LogP contribution in [0.1, 0.15) is 0 Å². The monoisotopic (exact) mass is 376 g/mol. The van der Waals surface area contributed by atoms with Crippen LogP contribution in [0, 0.1) is 0 Å². The third kappa shape index (κ3) is 2.18. The van der Waals surface area contributed by atoms with E-state index in [2.05, 4.69) is 73.0 Å². The van der Waals surface area contributed by atoms with E-state index in [0.29, 0.717) is 0 Å². The lowest BCUT2D eigenvalue weighted by Gasteiger charge is -2.05. The van der Waals surface area contributed by atoms with Gasteiger partial charge in [0, 0.05) is 23.2 Å². The van der Waals surface area contributed by atoms with Crippen LogP contribution in [-0.2, 0) is 0 Å². The SMILES string of the molecule is Sc1c(Br)cc(Br)c(Br)c1S. The molecular weight excluding hydrogens is 376 g/mol. The first-order chi connectivity index (χ1) is 5.04. The van der Waals surface area contributed by atoms with E-state index in [9.17, 15) is 0 Å². The Morgan fingerprint density at radius 2 is 1.45 bits per heavy atom.